The van der Waals surface area contributed by atoms with Gasteiger partial charge < -0.3 is 0 Å². The Kier molecular flexibility index (Phi) is 3.98. The van der Waals surface area contributed by atoms with Gasteiger partial charge in [0.25, 0.3) is 0 Å². The van der Waals surface area contributed by atoms with E-state index in [2.05, 4.69) is 15.9 Å². The maximum atomic E-state index is 12.3. The summed E-state index contributed by atoms with van der Waals surface area (Å²) in [5, 5.41) is 0.258. The molecule has 14 heavy (non-hydrogen) atoms. The van der Waals surface area contributed by atoms with Crippen molar-refractivity contribution in [3.05, 3.63) is 0 Å². The van der Waals surface area contributed by atoms with Gasteiger partial charge in [0.2, 0.25) is 0 Å². The van der Waals surface area contributed by atoms with Crippen molar-refractivity contribution in [2.75, 3.05) is 5.33 Å². The molecule has 0 unspecified atom stereocenters. The largest absolute Gasteiger partial charge is 0.391 e. The molecular weight excluding hydrogens is 261 g/mol. The van der Waals surface area contributed by atoms with E-state index in [1.54, 1.807) is 0 Å². The number of hydrogen-bond acceptors (Lipinski definition) is 1. The van der Waals surface area contributed by atoms with Crippen LogP contribution in [-0.2, 0) is 4.79 Å². The number of alkyl halides is 4. The summed E-state index contributed by atoms with van der Waals surface area (Å²) in [5.41, 5.74) is 0. The molecule has 0 heterocycles. The Hall–Kier alpha value is -0.0600. The molecule has 0 aromatic heterocycles. The second-order valence-electron chi connectivity index (χ2n) is 3.69. The van der Waals surface area contributed by atoms with Crippen molar-refractivity contribution in [3.63, 3.8) is 0 Å². The molecule has 0 spiro atoms. The molecule has 1 saturated carbocycles. The zero-order valence-corrected chi connectivity index (χ0v) is 9.20. The molecule has 0 bridgehead atoms. The molecule has 1 rings (SSSR count). The lowest BCUT2D eigenvalue weighted by Gasteiger charge is -2.28. The molecule has 0 aromatic carbocycles. The van der Waals surface area contributed by atoms with E-state index in [0.717, 1.165) is 0 Å². The molecule has 0 aromatic rings. The molecule has 82 valence electrons. The van der Waals surface area contributed by atoms with E-state index in [1.165, 1.54) is 0 Å². The fraction of sp³-hybridized carbons (Fsp3) is 0.889. The summed E-state index contributed by atoms with van der Waals surface area (Å²) in [4.78, 5) is 11.2. The van der Waals surface area contributed by atoms with E-state index < -0.39 is 12.1 Å². The first kappa shape index (κ1) is 12.0. The van der Waals surface area contributed by atoms with E-state index in [4.69, 9.17) is 0 Å². The van der Waals surface area contributed by atoms with Crippen LogP contribution in [0.3, 0.4) is 0 Å². The van der Waals surface area contributed by atoms with Crippen LogP contribution in [0.15, 0.2) is 0 Å². The number of rotatable bonds is 2. The fourth-order valence-corrected chi connectivity index (χ4v) is 2.31. The van der Waals surface area contributed by atoms with Gasteiger partial charge in [-0.15, -0.1) is 0 Å². The predicted molar refractivity (Wildman–Crippen MR) is 50.3 cm³/mol. The van der Waals surface area contributed by atoms with Gasteiger partial charge in [-0.3, -0.25) is 4.79 Å². The van der Waals surface area contributed by atoms with Crippen LogP contribution in [0.2, 0.25) is 0 Å². The highest BCUT2D eigenvalue weighted by atomic mass is 79.9. The highest BCUT2D eigenvalue weighted by molar-refractivity contribution is 9.09. The molecule has 0 N–H and O–H groups in total. The number of carbonyl (C=O) groups excluding carboxylic acids is 1. The summed E-state index contributed by atoms with van der Waals surface area (Å²) < 4.78 is 36.8. The van der Waals surface area contributed by atoms with Crippen LogP contribution in [0.1, 0.15) is 25.7 Å². The third-order valence-electron chi connectivity index (χ3n) is 2.78. The second-order valence-corrected chi connectivity index (χ2v) is 4.25. The molecule has 0 aliphatic heterocycles. The lowest BCUT2D eigenvalue weighted by Crippen LogP contribution is -2.30. The van der Waals surface area contributed by atoms with E-state index in [-0.39, 0.29) is 29.9 Å². The molecular formula is C9H12BrF3O. The van der Waals surface area contributed by atoms with Crippen molar-refractivity contribution >= 4 is 21.7 Å². The molecule has 0 radical (unpaired) electrons. The van der Waals surface area contributed by atoms with Gasteiger partial charge in [0.1, 0.15) is 5.78 Å². The van der Waals surface area contributed by atoms with Gasteiger partial charge in [0.05, 0.1) is 11.2 Å². The quantitative estimate of drug-likeness (QED) is 0.705. The molecule has 1 fully saturated rings. The van der Waals surface area contributed by atoms with Crippen molar-refractivity contribution < 1.29 is 18.0 Å². The van der Waals surface area contributed by atoms with Crippen LogP contribution in [0.4, 0.5) is 13.2 Å². The van der Waals surface area contributed by atoms with E-state index in [1.807, 2.05) is 0 Å². The Bertz CT molecular complexity index is 207. The summed E-state index contributed by atoms with van der Waals surface area (Å²) in [5.74, 6) is -1.32. The minimum absolute atomic E-state index is 0.0330. The van der Waals surface area contributed by atoms with Gasteiger partial charge in [-0.1, -0.05) is 15.9 Å². The van der Waals surface area contributed by atoms with E-state index in [9.17, 15) is 18.0 Å². The third kappa shape index (κ3) is 2.97. The average molecular weight is 273 g/mol. The fourth-order valence-electron chi connectivity index (χ4n) is 1.85. The minimum Gasteiger partial charge on any atom is -0.298 e. The second kappa shape index (κ2) is 4.64. The van der Waals surface area contributed by atoms with Gasteiger partial charge >= 0.3 is 6.18 Å². The van der Waals surface area contributed by atoms with Crippen LogP contribution in [-0.4, -0.2) is 17.3 Å². The summed E-state index contributed by atoms with van der Waals surface area (Å²) in [6, 6.07) is 0. The van der Waals surface area contributed by atoms with Crippen molar-refractivity contribution in [1.82, 2.24) is 0 Å². The molecule has 0 saturated heterocycles. The van der Waals surface area contributed by atoms with Gasteiger partial charge in [0.15, 0.2) is 0 Å². The molecule has 1 aliphatic rings. The van der Waals surface area contributed by atoms with Gasteiger partial charge in [-0.25, -0.2) is 0 Å². The van der Waals surface area contributed by atoms with Crippen LogP contribution in [0.25, 0.3) is 0 Å². The van der Waals surface area contributed by atoms with Gasteiger partial charge in [0, 0.05) is 5.92 Å². The number of ketones is 1. The zero-order valence-electron chi connectivity index (χ0n) is 7.61. The molecule has 0 atom stereocenters. The summed E-state index contributed by atoms with van der Waals surface area (Å²) in [6.07, 6.45) is -3.11. The van der Waals surface area contributed by atoms with Crippen LogP contribution in [0.5, 0.6) is 0 Å². The Labute approximate surface area is 89.2 Å². The number of carbonyl (C=O) groups is 1. The zero-order chi connectivity index (χ0) is 10.8. The van der Waals surface area contributed by atoms with Crippen LogP contribution >= 0.6 is 15.9 Å². The lowest BCUT2D eigenvalue weighted by atomic mass is 9.80. The maximum absolute atomic E-state index is 12.3. The normalized spacial score (nSPS) is 28.9. The number of halogens is 4. The highest BCUT2D eigenvalue weighted by Gasteiger charge is 2.42. The first-order chi connectivity index (χ1) is 6.45. The van der Waals surface area contributed by atoms with Crippen LogP contribution in [0, 0.1) is 11.8 Å². The summed E-state index contributed by atoms with van der Waals surface area (Å²) in [6.45, 7) is 0. The maximum Gasteiger partial charge on any atom is 0.391 e. The molecule has 0 amide bonds. The summed E-state index contributed by atoms with van der Waals surface area (Å²) in [7, 11) is 0. The molecule has 1 nitrogen and oxygen atoms in total. The highest BCUT2D eigenvalue weighted by Crippen LogP contribution is 2.39. The van der Waals surface area contributed by atoms with Crippen LogP contribution < -0.4 is 0 Å². The Morgan fingerprint density at radius 2 is 1.71 bits per heavy atom. The molecule has 5 heteroatoms. The Morgan fingerprint density at radius 1 is 1.21 bits per heavy atom. The van der Waals surface area contributed by atoms with Crippen molar-refractivity contribution in [3.8, 4) is 0 Å². The topological polar surface area (TPSA) is 17.1 Å². The summed E-state index contributed by atoms with van der Waals surface area (Å²) >= 11 is 3.03. The Morgan fingerprint density at radius 3 is 2.07 bits per heavy atom. The monoisotopic (exact) mass is 272 g/mol. The predicted octanol–water partition coefficient (Wildman–Crippen LogP) is 3.32. The smallest absolute Gasteiger partial charge is 0.298 e. The van der Waals surface area contributed by atoms with Crippen molar-refractivity contribution in [1.29, 1.82) is 0 Å². The van der Waals surface area contributed by atoms with E-state index >= 15 is 0 Å². The van der Waals surface area contributed by atoms with Crippen molar-refractivity contribution in [2.24, 2.45) is 11.8 Å². The SMILES string of the molecule is O=C(CBr)[C@H]1CC[C@H](C(F)(F)F)CC1. The standard InChI is InChI=1S/C9H12BrF3O/c10-5-8(14)6-1-3-7(4-2-6)9(11,12)13/h6-7H,1-5H2/t6-,7-. The number of Topliss-reactive ketones (excluding diaryl/α,β-unsaturated/α-hetero) is 1. The first-order valence-corrected chi connectivity index (χ1v) is 5.72. The number of hydrogen-bond donors (Lipinski definition) is 0. The Balaban J connectivity index is 2.43. The molecule has 1 aliphatic carbocycles. The van der Waals surface area contributed by atoms with E-state index in [0.29, 0.717) is 12.8 Å². The minimum atomic E-state index is -4.08. The third-order valence-corrected chi connectivity index (χ3v) is 3.33. The van der Waals surface area contributed by atoms with Gasteiger partial charge in [-0.05, 0) is 25.7 Å². The van der Waals surface area contributed by atoms with Crippen molar-refractivity contribution in [2.45, 2.75) is 31.9 Å². The van der Waals surface area contributed by atoms with Gasteiger partial charge in [-0.2, -0.15) is 13.2 Å². The average Bonchev–Trinajstić information content (AvgIpc) is 2.15. The first-order valence-electron chi connectivity index (χ1n) is 4.60. The lowest BCUT2D eigenvalue weighted by molar-refractivity contribution is -0.184.